The van der Waals surface area contributed by atoms with E-state index in [0.717, 1.165) is 6.42 Å². The van der Waals surface area contributed by atoms with Crippen molar-refractivity contribution in [1.82, 2.24) is 25.7 Å². The number of fused-ring (bicyclic) bond motifs is 1. The number of nitrogens with one attached hydrogen (secondary N) is 2. The highest BCUT2D eigenvalue weighted by atomic mass is 16.7. The molecule has 2 N–H and O–H groups in total. The Labute approximate surface area is 154 Å². The van der Waals surface area contributed by atoms with Crippen LogP contribution >= 0.6 is 0 Å². The van der Waals surface area contributed by atoms with E-state index in [1.807, 2.05) is 0 Å². The average Bonchev–Trinajstić information content (AvgIpc) is 3.38. The van der Waals surface area contributed by atoms with Crippen LogP contribution in [0.5, 0.6) is 11.5 Å². The lowest BCUT2D eigenvalue weighted by molar-refractivity contribution is -0.119. The molecule has 0 radical (unpaired) electrons. The second-order valence-electron chi connectivity index (χ2n) is 6.37. The van der Waals surface area contributed by atoms with Gasteiger partial charge in [-0.1, -0.05) is 5.16 Å². The van der Waals surface area contributed by atoms with Crippen LogP contribution < -0.4 is 20.1 Å². The van der Waals surface area contributed by atoms with E-state index >= 15 is 0 Å². The van der Waals surface area contributed by atoms with Crippen molar-refractivity contribution in [2.24, 2.45) is 0 Å². The molecule has 10 nitrogen and oxygen atoms in total. The highest BCUT2D eigenvalue weighted by Crippen LogP contribution is 2.35. The molecule has 2 aromatic rings. The third-order valence-corrected chi connectivity index (χ3v) is 4.37. The van der Waals surface area contributed by atoms with Crippen LogP contribution in [0.4, 0.5) is 4.79 Å². The Morgan fingerprint density at radius 2 is 2.15 bits per heavy atom. The topological polar surface area (TPSA) is 119 Å². The van der Waals surface area contributed by atoms with Gasteiger partial charge in [0.2, 0.25) is 12.7 Å². The molecule has 1 aromatic carbocycles. The first-order valence-corrected chi connectivity index (χ1v) is 8.61. The molecule has 1 fully saturated rings. The fraction of sp³-hybridized carbons (Fsp3) is 0.412. The summed E-state index contributed by atoms with van der Waals surface area (Å²) in [7, 11) is 0. The maximum absolute atomic E-state index is 12.2. The molecule has 1 aromatic heterocycles. The van der Waals surface area contributed by atoms with Crippen LogP contribution in [0.15, 0.2) is 22.7 Å². The second-order valence-corrected chi connectivity index (χ2v) is 6.37. The Morgan fingerprint density at radius 1 is 1.30 bits per heavy atom. The van der Waals surface area contributed by atoms with Gasteiger partial charge in [-0.3, -0.25) is 4.79 Å². The van der Waals surface area contributed by atoms with Gasteiger partial charge in [0.1, 0.15) is 0 Å². The smallest absolute Gasteiger partial charge is 0.317 e. The van der Waals surface area contributed by atoms with Gasteiger partial charge in [-0.2, -0.15) is 4.98 Å². The first-order chi connectivity index (χ1) is 13.1. The first kappa shape index (κ1) is 17.1. The largest absolute Gasteiger partial charge is 0.454 e. The van der Waals surface area contributed by atoms with Crippen molar-refractivity contribution >= 4 is 11.9 Å². The summed E-state index contributed by atoms with van der Waals surface area (Å²) in [4.78, 5) is 29.3. The Bertz CT molecular complexity index is 867. The molecule has 0 saturated carbocycles. The lowest BCUT2D eigenvalue weighted by atomic mass is 10.2. The molecule has 1 saturated heterocycles. The number of hydrogen-bond donors (Lipinski definition) is 2. The molecule has 142 valence electrons. The predicted octanol–water partition coefficient (Wildman–Crippen LogP) is 0.885. The van der Waals surface area contributed by atoms with Gasteiger partial charge in [0.05, 0.1) is 6.54 Å². The summed E-state index contributed by atoms with van der Waals surface area (Å²) < 4.78 is 15.9. The van der Waals surface area contributed by atoms with Gasteiger partial charge in [0.15, 0.2) is 17.3 Å². The molecule has 1 unspecified atom stereocenters. The number of rotatable bonds is 4. The molecular weight excluding hydrogens is 354 g/mol. The maximum atomic E-state index is 12.2. The van der Waals surface area contributed by atoms with Crippen molar-refractivity contribution in [1.29, 1.82) is 0 Å². The third kappa shape index (κ3) is 3.78. The summed E-state index contributed by atoms with van der Waals surface area (Å²) in [5.74, 6) is 1.92. The maximum Gasteiger partial charge on any atom is 0.317 e. The van der Waals surface area contributed by atoms with E-state index in [-0.39, 0.29) is 31.3 Å². The SMILES string of the molecule is CC(=O)NC1CCN(C(=O)NCc2noc(-c3ccc4c(c3)OCO4)n2)C1. The molecule has 3 amide bonds. The van der Waals surface area contributed by atoms with Crippen LogP contribution in [0.2, 0.25) is 0 Å². The zero-order valence-corrected chi connectivity index (χ0v) is 14.7. The number of amides is 3. The zero-order chi connectivity index (χ0) is 18.8. The van der Waals surface area contributed by atoms with Crippen molar-refractivity contribution in [3.8, 4) is 23.0 Å². The van der Waals surface area contributed by atoms with E-state index in [1.165, 1.54) is 6.92 Å². The van der Waals surface area contributed by atoms with Gasteiger partial charge >= 0.3 is 6.03 Å². The van der Waals surface area contributed by atoms with E-state index in [4.69, 9.17) is 14.0 Å². The number of ether oxygens (including phenoxy) is 2. The molecule has 0 aliphatic carbocycles. The van der Waals surface area contributed by atoms with E-state index in [2.05, 4.69) is 20.8 Å². The Balaban J connectivity index is 1.32. The zero-order valence-electron chi connectivity index (χ0n) is 14.7. The van der Waals surface area contributed by atoms with Crippen molar-refractivity contribution in [3.63, 3.8) is 0 Å². The molecule has 2 aliphatic rings. The first-order valence-electron chi connectivity index (χ1n) is 8.61. The standard InChI is InChI=1S/C17H19N5O5/c1-10(23)19-12-4-5-22(8-12)17(24)18-7-15-20-16(27-21-15)11-2-3-13-14(6-11)26-9-25-13/h2-3,6,12H,4-5,7-9H2,1H3,(H,18,24)(H,19,23). The lowest BCUT2D eigenvalue weighted by Crippen LogP contribution is -2.41. The Hall–Kier alpha value is -3.30. The highest BCUT2D eigenvalue weighted by molar-refractivity contribution is 5.75. The number of likely N-dealkylation sites (tertiary alicyclic amines) is 1. The van der Waals surface area contributed by atoms with Gasteiger partial charge in [-0.25, -0.2) is 4.79 Å². The quantitative estimate of drug-likeness (QED) is 0.817. The fourth-order valence-corrected chi connectivity index (χ4v) is 3.09. The van der Waals surface area contributed by atoms with Crippen LogP contribution in [0.25, 0.3) is 11.5 Å². The molecule has 3 heterocycles. The summed E-state index contributed by atoms with van der Waals surface area (Å²) in [6, 6.07) is 5.12. The van der Waals surface area contributed by atoms with Gasteiger partial charge in [-0.15, -0.1) is 0 Å². The molecule has 0 bridgehead atoms. The number of urea groups is 1. The minimum atomic E-state index is -0.225. The summed E-state index contributed by atoms with van der Waals surface area (Å²) in [6.07, 6.45) is 0.740. The van der Waals surface area contributed by atoms with Crippen LogP contribution in [0.3, 0.4) is 0 Å². The number of benzene rings is 1. The minimum absolute atomic E-state index is 0.00367. The summed E-state index contributed by atoms with van der Waals surface area (Å²) in [6.45, 7) is 2.88. The van der Waals surface area contributed by atoms with Gasteiger partial charge in [0.25, 0.3) is 5.89 Å². The van der Waals surface area contributed by atoms with E-state index in [9.17, 15) is 9.59 Å². The summed E-state index contributed by atoms with van der Waals surface area (Å²) in [5, 5.41) is 9.48. The van der Waals surface area contributed by atoms with E-state index < -0.39 is 0 Å². The second kappa shape index (κ2) is 7.14. The van der Waals surface area contributed by atoms with Crippen LogP contribution in [0.1, 0.15) is 19.2 Å². The number of carbonyl (C=O) groups is 2. The van der Waals surface area contributed by atoms with E-state index in [1.54, 1.807) is 23.1 Å². The van der Waals surface area contributed by atoms with Crippen molar-refractivity contribution in [3.05, 3.63) is 24.0 Å². The van der Waals surface area contributed by atoms with Crippen LogP contribution in [0, 0.1) is 0 Å². The average molecular weight is 373 g/mol. The van der Waals surface area contributed by atoms with Crippen LogP contribution in [-0.4, -0.2) is 52.9 Å². The normalized spacial score (nSPS) is 17.8. The fourth-order valence-electron chi connectivity index (χ4n) is 3.09. The monoisotopic (exact) mass is 373 g/mol. The molecule has 27 heavy (non-hydrogen) atoms. The minimum Gasteiger partial charge on any atom is -0.454 e. The summed E-state index contributed by atoms with van der Waals surface area (Å²) in [5.41, 5.74) is 0.710. The van der Waals surface area contributed by atoms with Crippen molar-refractivity contribution < 1.29 is 23.6 Å². The molecule has 10 heteroatoms. The van der Waals surface area contributed by atoms with Gasteiger partial charge in [-0.05, 0) is 24.6 Å². The Morgan fingerprint density at radius 3 is 3.00 bits per heavy atom. The van der Waals surface area contributed by atoms with Gasteiger partial charge < -0.3 is 29.5 Å². The predicted molar refractivity (Wildman–Crippen MR) is 91.9 cm³/mol. The number of carbonyl (C=O) groups excluding carboxylic acids is 2. The number of hydrogen-bond acceptors (Lipinski definition) is 7. The molecular formula is C17H19N5O5. The van der Waals surface area contributed by atoms with Gasteiger partial charge in [0, 0.05) is 31.6 Å². The molecule has 1 atom stereocenters. The lowest BCUT2D eigenvalue weighted by Gasteiger charge is -2.16. The third-order valence-electron chi connectivity index (χ3n) is 4.37. The van der Waals surface area contributed by atoms with E-state index in [0.29, 0.717) is 41.9 Å². The molecule has 0 spiro atoms. The van der Waals surface area contributed by atoms with Crippen molar-refractivity contribution in [2.45, 2.75) is 25.9 Å². The summed E-state index contributed by atoms with van der Waals surface area (Å²) >= 11 is 0. The Kier molecular flexibility index (Phi) is 4.53. The van der Waals surface area contributed by atoms with Crippen molar-refractivity contribution in [2.75, 3.05) is 19.9 Å². The number of aromatic nitrogens is 2. The molecule has 4 rings (SSSR count). The number of nitrogens with zero attached hydrogens (tertiary/aromatic N) is 3. The van der Waals surface area contributed by atoms with Crippen LogP contribution in [-0.2, 0) is 11.3 Å². The molecule has 2 aliphatic heterocycles. The highest BCUT2D eigenvalue weighted by Gasteiger charge is 2.26.